The van der Waals surface area contributed by atoms with E-state index in [2.05, 4.69) is 5.32 Å². The Balaban J connectivity index is 0.00000106. The number of methoxy groups -OCH3 is 1. The number of Topliss-reactive ketones (excluding diaryl/α,β-unsaturated/α-hetero) is 1. The zero-order valence-corrected chi connectivity index (χ0v) is 13.7. The van der Waals surface area contributed by atoms with E-state index in [1.165, 1.54) is 14.0 Å². The molecule has 5 heteroatoms. The third-order valence-corrected chi connectivity index (χ3v) is 3.65. The Morgan fingerprint density at radius 2 is 2.05 bits per heavy atom. The lowest BCUT2D eigenvalue weighted by Crippen LogP contribution is -2.34. The minimum absolute atomic E-state index is 0.0365. The van der Waals surface area contributed by atoms with Crippen LogP contribution in [0.3, 0.4) is 0 Å². The summed E-state index contributed by atoms with van der Waals surface area (Å²) in [6.07, 6.45) is 1.64. The molecule has 1 aromatic rings. The molecule has 0 radical (unpaired) electrons. The lowest BCUT2D eigenvalue weighted by atomic mass is 10.0. The quantitative estimate of drug-likeness (QED) is 0.852. The Hall–Kier alpha value is -1.55. The third kappa shape index (κ3) is 4.21. The van der Waals surface area contributed by atoms with E-state index in [0.717, 1.165) is 5.56 Å². The van der Waals surface area contributed by atoms with Gasteiger partial charge in [-0.25, -0.2) is 0 Å². The molecule has 1 N–H and O–H groups in total. The number of amides is 1. The number of hydrogen-bond donors (Lipinski definition) is 1. The van der Waals surface area contributed by atoms with Gasteiger partial charge < -0.3 is 10.1 Å². The van der Waals surface area contributed by atoms with Crippen LogP contribution in [0.5, 0.6) is 5.75 Å². The van der Waals surface area contributed by atoms with Gasteiger partial charge in [0.25, 0.3) is 0 Å². The van der Waals surface area contributed by atoms with E-state index in [1.807, 2.05) is 13.8 Å². The monoisotopic (exact) mass is 311 g/mol. The second kappa shape index (κ2) is 8.03. The first-order valence-electron chi connectivity index (χ1n) is 7.18. The SMILES string of the molecule is CC.COc1ccc(Cl)c2c1C(=O)CC(NC(C)=O)CC2. The number of hydrogen-bond acceptors (Lipinski definition) is 3. The molecule has 116 valence electrons. The number of carbonyl (C=O) groups is 2. The molecule has 1 aliphatic rings. The summed E-state index contributed by atoms with van der Waals surface area (Å²) in [4.78, 5) is 23.5. The summed E-state index contributed by atoms with van der Waals surface area (Å²) in [5.74, 6) is 0.389. The van der Waals surface area contributed by atoms with E-state index in [-0.39, 0.29) is 24.2 Å². The van der Waals surface area contributed by atoms with E-state index in [9.17, 15) is 9.59 Å². The summed E-state index contributed by atoms with van der Waals surface area (Å²) in [5.41, 5.74) is 1.38. The van der Waals surface area contributed by atoms with Crippen molar-refractivity contribution in [1.29, 1.82) is 0 Å². The summed E-state index contributed by atoms with van der Waals surface area (Å²) in [5, 5.41) is 3.38. The van der Waals surface area contributed by atoms with Gasteiger partial charge in [0.15, 0.2) is 5.78 Å². The van der Waals surface area contributed by atoms with Gasteiger partial charge in [-0.1, -0.05) is 25.4 Å². The number of nitrogens with one attached hydrogen (secondary N) is 1. The molecule has 21 heavy (non-hydrogen) atoms. The largest absolute Gasteiger partial charge is 0.496 e. The Labute approximate surface area is 130 Å². The Morgan fingerprint density at radius 1 is 1.38 bits per heavy atom. The average molecular weight is 312 g/mol. The van der Waals surface area contributed by atoms with Gasteiger partial charge in [0.1, 0.15) is 5.75 Å². The molecule has 1 atom stereocenters. The first-order valence-corrected chi connectivity index (χ1v) is 7.56. The zero-order chi connectivity index (χ0) is 16.0. The van der Waals surface area contributed by atoms with Gasteiger partial charge in [-0.15, -0.1) is 0 Å². The van der Waals surface area contributed by atoms with E-state index < -0.39 is 0 Å². The first-order chi connectivity index (χ1) is 10.0. The minimum Gasteiger partial charge on any atom is -0.496 e. The molecule has 4 nitrogen and oxygen atoms in total. The van der Waals surface area contributed by atoms with Crippen molar-refractivity contribution in [2.45, 2.75) is 46.1 Å². The third-order valence-electron chi connectivity index (χ3n) is 3.30. The molecule has 0 saturated carbocycles. The maximum atomic E-state index is 12.3. The highest BCUT2D eigenvalue weighted by molar-refractivity contribution is 6.32. The van der Waals surface area contributed by atoms with E-state index >= 15 is 0 Å². The lowest BCUT2D eigenvalue weighted by molar-refractivity contribution is -0.119. The van der Waals surface area contributed by atoms with Crippen LogP contribution in [0.25, 0.3) is 0 Å². The standard InChI is InChI=1S/C14H16ClNO3.C2H6/c1-8(17)16-9-3-4-10-11(15)5-6-13(19-2)14(10)12(18)7-9;1-2/h5-6,9H,3-4,7H2,1-2H3,(H,16,17);1-2H3. The summed E-state index contributed by atoms with van der Waals surface area (Å²) < 4.78 is 5.24. The molecule has 0 fully saturated rings. The number of halogens is 1. The number of carbonyl (C=O) groups excluding carboxylic acids is 2. The van der Waals surface area contributed by atoms with Gasteiger partial charge >= 0.3 is 0 Å². The summed E-state index contributed by atoms with van der Waals surface area (Å²) >= 11 is 6.17. The molecular weight excluding hydrogens is 290 g/mol. The number of benzene rings is 1. The van der Waals surface area contributed by atoms with Crippen LogP contribution in [-0.4, -0.2) is 24.8 Å². The maximum absolute atomic E-state index is 12.3. The molecule has 0 aromatic heterocycles. The van der Waals surface area contributed by atoms with Crippen molar-refractivity contribution < 1.29 is 14.3 Å². The molecule has 0 saturated heterocycles. The normalized spacial score (nSPS) is 17.0. The van der Waals surface area contributed by atoms with Crippen molar-refractivity contribution in [1.82, 2.24) is 5.32 Å². The van der Waals surface area contributed by atoms with Gasteiger partial charge in [0.2, 0.25) is 5.91 Å². The maximum Gasteiger partial charge on any atom is 0.217 e. The van der Waals surface area contributed by atoms with E-state index in [1.54, 1.807) is 12.1 Å². The molecule has 1 unspecified atom stereocenters. The highest BCUT2D eigenvalue weighted by Gasteiger charge is 2.27. The fourth-order valence-corrected chi connectivity index (χ4v) is 2.73. The van der Waals surface area contributed by atoms with Crippen LogP contribution in [0.2, 0.25) is 5.02 Å². The van der Waals surface area contributed by atoms with Crippen LogP contribution in [0.15, 0.2) is 12.1 Å². The van der Waals surface area contributed by atoms with Crippen molar-refractivity contribution in [3.63, 3.8) is 0 Å². The highest BCUT2D eigenvalue weighted by atomic mass is 35.5. The van der Waals surface area contributed by atoms with Gasteiger partial charge in [0, 0.05) is 24.4 Å². The average Bonchev–Trinajstić information content (AvgIpc) is 2.62. The summed E-state index contributed by atoms with van der Waals surface area (Å²) in [6.45, 7) is 5.45. The van der Waals surface area contributed by atoms with Gasteiger partial charge in [-0.3, -0.25) is 9.59 Å². The molecule has 0 heterocycles. The Morgan fingerprint density at radius 3 is 2.62 bits per heavy atom. The van der Waals surface area contributed by atoms with Crippen molar-refractivity contribution in [2.75, 3.05) is 7.11 Å². The van der Waals surface area contributed by atoms with Crippen molar-refractivity contribution >= 4 is 23.3 Å². The fourth-order valence-electron chi connectivity index (χ4n) is 2.48. The van der Waals surface area contributed by atoms with Crippen molar-refractivity contribution in [3.8, 4) is 5.75 Å². The molecule has 0 bridgehead atoms. The fraction of sp³-hybridized carbons (Fsp3) is 0.500. The van der Waals surface area contributed by atoms with Gasteiger partial charge in [-0.05, 0) is 30.5 Å². The van der Waals surface area contributed by atoms with Crippen LogP contribution in [-0.2, 0) is 11.2 Å². The number of fused-ring (bicyclic) bond motifs is 1. The van der Waals surface area contributed by atoms with Crippen LogP contribution < -0.4 is 10.1 Å². The second-order valence-corrected chi connectivity index (χ2v) is 5.07. The number of rotatable bonds is 2. The Bertz CT molecular complexity index is 528. The predicted molar refractivity (Wildman–Crippen MR) is 84.2 cm³/mol. The number of ether oxygens (including phenoxy) is 1. The zero-order valence-electron chi connectivity index (χ0n) is 13.0. The van der Waals surface area contributed by atoms with Crippen molar-refractivity contribution in [3.05, 3.63) is 28.3 Å². The van der Waals surface area contributed by atoms with Crippen molar-refractivity contribution in [2.24, 2.45) is 0 Å². The first kappa shape index (κ1) is 17.5. The van der Waals surface area contributed by atoms with Crippen LogP contribution in [0.4, 0.5) is 0 Å². The van der Waals surface area contributed by atoms with Crippen LogP contribution in [0.1, 0.15) is 49.5 Å². The summed E-state index contributed by atoms with van der Waals surface area (Å²) in [7, 11) is 1.53. The topological polar surface area (TPSA) is 55.4 Å². The molecule has 1 aromatic carbocycles. The molecule has 1 amide bonds. The van der Waals surface area contributed by atoms with E-state index in [0.29, 0.717) is 29.2 Å². The van der Waals surface area contributed by atoms with Crippen LogP contribution >= 0.6 is 11.6 Å². The number of ketones is 1. The van der Waals surface area contributed by atoms with Gasteiger partial charge in [0.05, 0.1) is 12.7 Å². The molecule has 2 rings (SSSR count). The Kier molecular flexibility index (Phi) is 6.69. The molecule has 0 spiro atoms. The molecule has 0 aliphatic heterocycles. The molecule has 1 aliphatic carbocycles. The molecular formula is C16H22ClNO3. The lowest BCUT2D eigenvalue weighted by Gasteiger charge is -2.13. The summed E-state index contributed by atoms with van der Waals surface area (Å²) in [6, 6.07) is 3.31. The highest BCUT2D eigenvalue weighted by Crippen LogP contribution is 2.33. The second-order valence-electron chi connectivity index (χ2n) is 4.67. The van der Waals surface area contributed by atoms with E-state index in [4.69, 9.17) is 16.3 Å². The predicted octanol–water partition coefficient (Wildman–Crippen LogP) is 3.40. The smallest absolute Gasteiger partial charge is 0.217 e. The van der Waals surface area contributed by atoms with Gasteiger partial charge in [-0.2, -0.15) is 0 Å². The minimum atomic E-state index is -0.141. The van der Waals surface area contributed by atoms with Crippen LogP contribution in [0, 0.1) is 0 Å².